The molecule has 0 saturated heterocycles. The molecule has 0 spiro atoms. The Balaban J connectivity index is 1.45. The summed E-state index contributed by atoms with van der Waals surface area (Å²) in [7, 11) is 1.25. The minimum atomic E-state index is -1.93. The minimum absolute atomic E-state index is 0.0419. The van der Waals surface area contributed by atoms with E-state index in [0.29, 0.717) is 11.1 Å². The van der Waals surface area contributed by atoms with E-state index in [0.717, 1.165) is 6.92 Å². The molecular weight excluding hydrogens is 644 g/mol. The number of fused-ring (bicyclic) bond motifs is 9. The van der Waals surface area contributed by atoms with Crippen LogP contribution in [0.3, 0.4) is 0 Å². The summed E-state index contributed by atoms with van der Waals surface area (Å²) in [5, 5.41) is 56.9. The number of phenols is 3. The highest BCUT2D eigenvalue weighted by Crippen LogP contribution is 2.67. The van der Waals surface area contributed by atoms with Crippen LogP contribution in [0.2, 0.25) is 0 Å². The maximum Gasteiger partial charge on any atom is 0.308 e. The molecule has 49 heavy (non-hydrogen) atoms. The Hall–Kier alpha value is -4.79. The first-order valence-electron chi connectivity index (χ1n) is 15.9. The average molecular weight is 679 g/mol. The number of esters is 2. The number of hydrogen-bond acceptors (Lipinski definition) is 13. The summed E-state index contributed by atoms with van der Waals surface area (Å²) in [6.07, 6.45) is -5.72. The van der Waals surface area contributed by atoms with E-state index in [1.54, 1.807) is 13.0 Å². The summed E-state index contributed by atoms with van der Waals surface area (Å²) in [6, 6.07) is 1.60. The molecule has 14 nitrogen and oxygen atoms in total. The lowest BCUT2D eigenvalue weighted by Gasteiger charge is -2.40. The Morgan fingerprint density at radius 1 is 0.898 bits per heavy atom. The van der Waals surface area contributed by atoms with Crippen LogP contribution >= 0.6 is 0 Å². The molecule has 14 heteroatoms. The quantitative estimate of drug-likeness (QED) is 0.227. The van der Waals surface area contributed by atoms with E-state index in [9.17, 15) is 49.5 Å². The molecule has 0 saturated carbocycles. The molecule has 5 N–H and O–H groups in total. The fraction of sp³-hybridized carbons (Fsp3) is 0.457. The van der Waals surface area contributed by atoms with E-state index in [1.807, 2.05) is 0 Å². The number of carbonyl (C=O) groups is 5. The zero-order valence-electron chi connectivity index (χ0n) is 27.0. The average Bonchev–Trinajstić information content (AvgIpc) is 3.32. The number of carbonyl (C=O) groups excluding carboxylic acids is 4. The second-order valence-electron chi connectivity index (χ2n) is 13.3. The van der Waals surface area contributed by atoms with Crippen LogP contribution in [0.4, 0.5) is 0 Å². The molecule has 2 aliphatic heterocycles. The number of aliphatic carboxylic acids is 1. The first-order valence-corrected chi connectivity index (χ1v) is 15.9. The van der Waals surface area contributed by atoms with Crippen LogP contribution in [0.5, 0.6) is 17.2 Å². The van der Waals surface area contributed by atoms with Crippen LogP contribution in [-0.2, 0) is 45.4 Å². The van der Waals surface area contributed by atoms with Crippen LogP contribution in [0.15, 0.2) is 17.2 Å². The summed E-state index contributed by atoms with van der Waals surface area (Å²) in [4.78, 5) is 64.6. The predicted molar refractivity (Wildman–Crippen MR) is 163 cm³/mol. The van der Waals surface area contributed by atoms with Gasteiger partial charge >= 0.3 is 17.9 Å². The zero-order valence-corrected chi connectivity index (χ0v) is 27.0. The standard InChI is InChI=1S/C35H34O14/c1-11-22-14(5-15(47-11)9-21(39)46-4)6-19-25(31(22)42)30(41)18-10-35(19,49-13(3)36)28-24(18)33(44)27-26(34(28)45)29(40)17-7-16(8-20(37)38)48-12(2)23(17)32(27)43/h6,11-12,15-16,18,30,41-42,44-45H,5,7-10H2,1-4H3,(H,37,38)/t11-,12-,15+,16+,18-,30?,35-/m0/s1. The number of aromatic hydroxyl groups is 3. The summed E-state index contributed by atoms with van der Waals surface area (Å²) in [6.45, 7) is 4.27. The molecule has 2 heterocycles. The third-order valence-corrected chi connectivity index (χ3v) is 10.5. The smallest absolute Gasteiger partial charge is 0.308 e. The first-order chi connectivity index (χ1) is 23.1. The van der Waals surface area contributed by atoms with E-state index in [-0.39, 0.29) is 64.8 Å². The molecule has 0 aromatic heterocycles. The maximum atomic E-state index is 14.2. The summed E-state index contributed by atoms with van der Waals surface area (Å²) < 4.78 is 22.5. The Morgan fingerprint density at radius 3 is 2.20 bits per heavy atom. The fourth-order valence-electron chi connectivity index (χ4n) is 8.75. The second-order valence-corrected chi connectivity index (χ2v) is 13.3. The van der Waals surface area contributed by atoms with Gasteiger partial charge in [0.25, 0.3) is 0 Å². The van der Waals surface area contributed by atoms with Crippen molar-refractivity contribution in [3.8, 4) is 17.2 Å². The van der Waals surface area contributed by atoms with Crippen molar-refractivity contribution < 1.29 is 68.5 Å². The number of ketones is 2. The number of aliphatic hydroxyl groups excluding tert-OH is 1. The molecule has 2 aromatic carbocycles. The normalized spacial score (nSPS) is 29.3. The molecule has 3 aliphatic carbocycles. The second kappa shape index (κ2) is 11.1. The van der Waals surface area contributed by atoms with Gasteiger partial charge in [0, 0.05) is 59.1 Å². The van der Waals surface area contributed by atoms with Crippen molar-refractivity contribution in [1.29, 1.82) is 0 Å². The van der Waals surface area contributed by atoms with Gasteiger partial charge < -0.3 is 44.5 Å². The lowest BCUT2D eigenvalue weighted by atomic mass is 9.72. The van der Waals surface area contributed by atoms with Gasteiger partial charge in [-0.1, -0.05) is 6.07 Å². The Labute approximate surface area is 278 Å². The summed E-state index contributed by atoms with van der Waals surface area (Å²) in [5.74, 6) is -7.06. The van der Waals surface area contributed by atoms with Crippen LogP contribution in [0.25, 0.3) is 0 Å². The predicted octanol–water partition coefficient (Wildman–Crippen LogP) is 3.04. The molecule has 2 bridgehead atoms. The van der Waals surface area contributed by atoms with Gasteiger partial charge in [-0.05, 0) is 25.8 Å². The number of ether oxygens (including phenoxy) is 4. The fourth-order valence-corrected chi connectivity index (χ4v) is 8.75. The number of carboxylic acids is 1. The SMILES string of the molecule is COC(=O)C[C@H]1Cc2cc3c(c(O)c2[C@H](C)O1)C(O)[C@H]1C[C@@]3(OC(C)=O)c2c(O)c3c(c(O)c21)C(=O)C1=C(C[C@H](CC(=O)O)O[C@H]1C)C3=O. The highest BCUT2D eigenvalue weighted by molar-refractivity contribution is 6.29. The number of phenolic OH excluding ortho intramolecular Hbond substituents is 3. The van der Waals surface area contributed by atoms with Gasteiger partial charge in [-0.25, -0.2) is 0 Å². The van der Waals surface area contributed by atoms with Crippen molar-refractivity contribution in [1.82, 2.24) is 0 Å². The number of methoxy groups -OCH3 is 1. The van der Waals surface area contributed by atoms with E-state index in [2.05, 4.69) is 0 Å². The molecule has 0 fully saturated rings. The molecule has 258 valence electrons. The lowest BCUT2D eigenvalue weighted by molar-refractivity contribution is -0.156. The van der Waals surface area contributed by atoms with Gasteiger partial charge in [0.1, 0.15) is 17.2 Å². The van der Waals surface area contributed by atoms with Gasteiger partial charge in [0.15, 0.2) is 17.2 Å². The summed E-state index contributed by atoms with van der Waals surface area (Å²) >= 11 is 0. The number of hydrogen-bond donors (Lipinski definition) is 5. The van der Waals surface area contributed by atoms with Gasteiger partial charge in [-0.2, -0.15) is 0 Å². The molecule has 1 unspecified atom stereocenters. The van der Waals surface area contributed by atoms with E-state index in [4.69, 9.17) is 18.9 Å². The molecule has 2 aromatic rings. The van der Waals surface area contributed by atoms with Crippen molar-refractivity contribution in [2.45, 2.75) is 94.9 Å². The highest BCUT2D eigenvalue weighted by atomic mass is 16.6. The third kappa shape index (κ3) is 4.53. The largest absolute Gasteiger partial charge is 0.507 e. The lowest BCUT2D eigenvalue weighted by Crippen LogP contribution is -2.39. The molecular formula is C35H34O14. The maximum absolute atomic E-state index is 14.2. The Bertz CT molecular complexity index is 1940. The minimum Gasteiger partial charge on any atom is -0.507 e. The van der Waals surface area contributed by atoms with Gasteiger partial charge in [-0.3, -0.25) is 24.0 Å². The van der Waals surface area contributed by atoms with Crippen molar-refractivity contribution in [2.24, 2.45) is 0 Å². The van der Waals surface area contributed by atoms with Crippen LogP contribution in [-0.4, -0.2) is 80.4 Å². The van der Waals surface area contributed by atoms with Gasteiger partial charge in [-0.15, -0.1) is 0 Å². The topological polar surface area (TPSA) is 223 Å². The third-order valence-electron chi connectivity index (χ3n) is 10.5. The first kappa shape index (κ1) is 32.7. The van der Waals surface area contributed by atoms with Crippen molar-refractivity contribution in [3.63, 3.8) is 0 Å². The van der Waals surface area contributed by atoms with Crippen LogP contribution in [0, 0.1) is 0 Å². The Kier molecular flexibility index (Phi) is 7.43. The van der Waals surface area contributed by atoms with E-state index >= 15 is 0 Å². The number of carboxylic acid groups (broad SMARTS) is 1. The van der Waals surface area contributed by atoms with E-state index < -0.39 is 101 Å². The molecule has 0 radical (unpaired) electrons. The number of rotatable bonds is 5. The zero-order chi connectivity index (χ0) is 35.4. The molecule has 0 amide bonds. The highest BCUT2D eigenvalue weighted by Gasteiger charge is 2.61. The number of benzene rings is 2. The number of Topliss-reactive ketones (excluding diaryl/α,β-unsaturated/α-hetero) is 2. The van der Waals surface area contributed by atoms with Crippen molar-refractivity contribution in [3.05, 3.63) is 61.7 Å². The van der Waals surface area contributed by atoms with Crippen LogP contribution in [0.1, 0.15) is 119 Å². The molecule has 7 rings (SSSR count). The van der Waals surface area contributed by atoms with Crippen molar-refractivity contribution >= 4 is 29.5 Å². The summed E-state index contributed by atoms with van der Waals surface area (Å²) in [5.41, 5.74) is -2.55. The van der Waals surface area contributed by atoms with Crippen molar-refractivity contribution in [2.75, 3.05) is 7.11 Å². The molecule has 5 aliphatic rings. The van der Waals surface area contributed by atoms with Gasteiger partial charge in [0.05, 0.1) is 67.2 Å². The monoisotopic (exact) mass is 678 g/mol. The Morgan fingerprint density at radius 2 is 1.55 bits per heavy atom. The number of aliphatic hydroxyl groups is 1. The van der Waals surface area contributed by atoms with E-state index in [1.165, 1.54) is 14.0 Å². The van der Waals surface area contributed by atoms with Crippen LogP contribution < -0.4 is 0 Å². The molecule has 7 atom stereocenters. The van der Waals surface area contributed by atoms with Gasteiger partial charge in [0.2, 0.25) is 0 Å².